The van der Waals surface area contributed by atoms with Crippen molar-refractivity contribution < 1.29 is 33.7 Å². The number of halogens is 2. The van der Waals surface area contributed by atoms with Gasteiger partial charge in [-0.25, -0.2) is 4.79 Å². The van der Waals surface area contributed by atoms with Crippen LogP contribution in [-0.4, -0.2) is 64.6 Å². The number of carboxylic acids is 1. The van der Waals surface area contributed by atoms with Crippen molar-refractivity contribution in [2.75, 3.05) is 19.7 Å². The zero-order valence-electron chi connectivity index (χ0n) is 33.4. The topological polar surface area (TPSA) is 139 Å². The Morgan fingerprint density at radius 3 is 2.45 bits per heavy atom. The third-order valence-electron chi connectivity index (χ3n) is 11.7. The number of pyridine rings is 1. The van der Waals surface area contributed by atoms with Gasteiger partial charge in [0.15, 0.2) is 17.6 Å². The summed E-state index contributed by atoms with van der Waals surface area (Å²) in [5, 5.41) is 17.4. The van der Waals surface area contributed by atoms with Gasteiger partial charge in [0.25, 0.3) is 0 Å². The fourth-order valence-corrected chi connectivity index (χ4v) is 8.45. The van der Waals surface area contributed by atoms with E-state index in [1.165, 1.54) is 0 Å². The lowest BCUT2D eigenvalue weighted by Gasteiger charge is -2.39. The molecule has 3 N–H and O–H groups in total. The second kappa shape index (κ2) is 17.9. The lowest BCUT2D eigenvalue weighted by atomic mass is 9.89. The molecule has 4 aromatic carbocycles. The molecule has 0 radical (unpaired) electrons. The normalized spacial score (nSPS) is 18.9. The highest BCUT2D eigenvalue weighted by atomic mass is 35.5. The number of hydrogen-bond donors (Lipinski definition) is 3. The molecule has 60 heavy (non-hydrogen) atoms. The molecule has 3 aliphatic rings. The molecule has 1 fully saturated rings. The first-order chi connectivity index (χ1) is 29.0. The molecule has 11 nitrogen and oxygen atoms in total. The Balaban J connectivity index is 0.971. The van der Waals surface area contributed by atoms with Crippen LogP contribution in [0.3, 0.4) is 0 Å². The summed E-state index contributed by atoms with van der Waals surface area (Å²) in [6, 6.07) is 24.3. The Labute approximate surface area is 359 Å². The maximum Gasteiger partial charge on any atom is 0.326 e. The standard InChI is InChI=1S/C47H46Cl2N4O7/c1-27-28(2)51-17-15-37(27)31-8-5-29(6-9-31)19-40(47(56)57)52-45(54)41-20-34-21-42-43(22-35(34)24-53(41)46(55)33-4-3-16-50-23-33)60-44(26-59-42)32-10-12-36(13-11-32)58-25-30-7-14-38(48)39(49)18-30/h5-15,17-18,21-22,33,40-41,44,50H,3-4,16,19-20,23-26H2,1-2H3,(H,52,54)(H,56,57)/t33?,40?,41-,44+/m0/s1. The molecule has 1 saturated heterocycles. The lowest BCUT2D eigenvalue weighted by molar-refractivity contribution is -0.147. The average Bonchev–Trinajstić information content (AvgIpc) is 3.26. The van der Waals surface area contributed by atoms with Gasteiger partial charge in [-0.3, -0.25) is 14.6 Å². The maximum absolute atomic E-state index is 14.2. The number of carbonyl (C=O) groups is 3. The predicted octanol–water partition coefficient (Wildman–Crippen LogP) is 7.83. The molecular weight excluding hydrogens is 803 g/mol. The number of aryl methyl sites for hydroxylation is 1. The number of carboxylic acid groups (broad SMARTS) is 1. The van der Waals surface area contributed by atoms with E-state index in [2.05, 4.69) is 15.6 Å². The summed E-state index contributed by atoms with van der Waals surface area (Å²) in [6.45, 7) is 6.11. The molecule has 4 heterocycles. The van der Waals surface area contributed by atoms with E-state index in [0.717, 1.165) is 63.2 Å². The molecule has 0 saturated carbocycles. The van der Waals surface area contributed by atoms with Crippen molar-refractivity contribution in [2.45, 2.75) is 70.9 Å². The van der Waals surface area contributed by atoms with Crippen molar-refractivity contribution in [2.24, 2.45) is 5.92 Å². The number of benzene rings is 4. The first-order valence-corrected chi connectivity index (χ1v) is 20.9. The van der Waals surface area contributed by atoms with Crippen LogP contribution < -0.4 is 24.8 Å². The van der Waals surface area contributed by atoms with Crippen molar-refractivity contribution >= 4 is 41.0 Å². The van der Waals surface area contributed by atoms with Crippen LogP contribution in [0, 0.1) is 19.8 Å². The van der Waals surface area contributed by atoms with E-state index in [1.54, 1.807) is 23.2 Å². The molecule has 3 aliphatic heterocycles. The fraction of sp³-hybridized carbons (Fsp3) is 0.319. The first kappa shape index (κ1) is 41.1. The fourth-order valence-electron chi connectivity index (χ4n) is 8.13. The summed E-state index contributed by atoms with van der Waals surface area (Å²) >= 11 is 12.2. The Bertz CT molecular complexity index is 2400. The molecule has 4 atom stereocenters. The Hall–Kier alpha value is -5.62. The monoisotopic (exact) mass is 848 g/mol. The van der Waals surface area contributed by atoms with Crippen LogP contribution in [0.15, 0.2) is 91.1 Å². The number of ether oxygens (including phenoxy) is 3. The summed E-state index contributed by atoms with van der Waals surface area (Å²) in [5.74, 6) is -0.317. The highest BCUT2D eigenvalue weighted by Gasteiger charge is 2.40. The van der Waals surface area contributed by atoms with Crippen LogP contribution in [0.25, 0.3) is 11.1 Å². The minimum absolute atomic E-state index is 0.0772. The molecule has 1 aromatic heterocycles. The van der Waals surface area contributed by atoms with Crippen LogP contribution in [0.1, 0.15) is 58.0 Å². The highest BCUT2D eigenvalue weighted by molar-refractivity contribution is 6.42. The van der Waals surface area contributed by atoms with Crippen LogP contribution in [-0.2, 0) is 40.4 Å². The number of rotatable bonds is 11. The molecule has 8 rings (SSSR count). The van der Waals surface area contributed by atoms with Gasteiger partial charge >= 0.3 is 5.97 Å². The zero-order valence-corrected chi connectivity index (χ0v) is 34.9. The van der Waals surface area contributed by atoms with Crippen LogP contribution in [0.4, 0.5) is 0 Å². The molecule has 0 aliphatic carbocycles. The number of piperidine rings is 1. The summed E-state index contributed by atoms with van der Waals surface area (Å²) in [6.07, 6.45) is 3.22. The number of aromatic nitrogens is 1. The van der Waals surface area contributed by atoms with Gasteiger partial charge in [0.2, 0.25) is 11.8 Å². The summed E-state index contributed by atoms with van der Waals surface area (Å²) in [4.78, 5) is 47.0. The average molecular weight is 850 g/mol. The van der Waals surface area contributed by atoms with Crippen molar-refractivity contribution in [1.82, 2.24) is 20.5 Å². The van der Waals surface area contributed by atoms with Gasteiger partial charge in [-0.15, -0.1) is 0 Å². The molecule has 5 aromatic rings. The van der Waals surface area contributed by atoms with Gasteiger partial charge in [0.1, 0.15) is 31.0 Å². The summed E-state index contributed by atoms with van der Waals surface area (Å²) < 4.78 is 18.7. The number of carbonyl (C=O) groups excluding carboxylic acids is 2. The Morgan fingerprint density at radius 1 is 0.950 bits per heavy atom. The van der Waals surface area contributed by atoms with E-state index in [-0.39, 0.29) is 43.9 Å². The van der Waals surface area contributed by atoms with Gasteiger partial charge < -0.3 is 34.9 Å². The first-order valence-electron chi connectivity index (χ1n) is 20.2. The molecule has 2 amide bonds. The van der Waals surface area contributed by atoms with E-state index in [1.807, 2.05) is 86.6 Å². The third-order valence-corrected chi connectivity index (χ3v) is 12.4. The Kier molecular flexibility index (Phi) is 12.3. The number of nitrogens with one attached hydrogen (secondary N) is 2. The van der Waals surface area contributed by atoms with Gasteiger partial charge in [-0.2, -0.15) is 0 Å². The SMILES string of the molecule is Cc1nccc(-c2ccc(CC(NC(=O)[C@@H]3Cc4cc5c(cc4CN3C(=O)C3CCCNC3)O[C@@H](c3ccc(OCc4ccc(Cl)c(Cl)c4)cc3)CO5)C(=O)O)cc2)c1C. The molecule has 0 spiro atoms. The quantitative estimate of drug-likeness (QED) is 0.121. The van der Waals surface area contributed by atoms with Crippen molar-refractivity contribution in [3.05, 3.63) is 140 Å². The van der Waals surface area contributed by atoms with Crippen molar-refractivity contribution in [3.63, 3.8) is 0 Å². The number of nitrogens with zero attached hydrogens (tertiary/aromatic N) is 2. The van der Waals surface area contributed by atoms with Crippen molar-refractivity contribution in [3.8, 4) is 28.4 Å². The lowest BCUT2D eigenvalue weighted by Crippen LogP contribution is -2.57. The van der Waals surface area contributed by atoms with Crippen LogP contribution in [0.2, 0.25) is 10.0 Å². The highest BCUT2D eigenvalue weighted by Crippen LogP contribution is 2.41. The molecule has 13 heteroatoms. The number of hydrogen-bond acceptors (Lipinski definition) is 8. The van der Waals surface area contributed by atoms with E-state index in [0.29, 0.717) is 46.9 Å². The van der Waals surface area contributed by atoms with Gasteiger partial charge in [-0.05, 0) is 120 Å². The summed E-state index contributed by atoms with van der Waals surface area (Å²) in [5.41, 5.74) is 8.32. The van der Waals surface area contributed by atoms with Crippen LogP contribution >= 0.6 is 23.2 Å². The second-order valence-corrected chi connectivity index (χ2v) is 16.5. The zero-order chi connectivity index (χ0) is 41.9. The minimum atomic E-state index is -1.21. The number of aliphatic carboxylic acids is 1. The molecule has 2 unspecified atom stereocenters. The molecule has 0 bridgehead atoms. The largest absolute Gasteiger partial charge is 0.489 e. The van der Waals surface area contributed by atoms with Gasteiger partial charge in [-0.1, -0.05) is 65.7 Å². The van der Waals surface area contributed by atoms with Gasteiger partial charge in [0.05, 0.1) is 16.0 Å². The smallest absolute Gasteiger partial charge is 0.326 e. The molecular formula is C47H46Cl2N4O7. The second-order valence-electron chi connectivity index (χ2n) is 15.7. The van der Waals surface area contributed by atoms with E-state index in [4.69, 9.17) is 37.4 Å². The summed E-state index contributed by atoms with van der Waals surface area (Å²) in [7, 11) is 0. The van der Waals surface area contributed by atoms with E-state index >= 15 is 0 Å². The Morgan fingerprint density at radius 2 is 1.72 bits per heavy atom. The molecule has 310 valence electrons. The van der Waals surface area contributed by atoms with Gasteiger partial charge in [0, 0.05) is 37.8 Å². The van der Waals surface area contributed by atoms with E-state index < -0.39 is 24.0 Å². The van der Waals surface area contributed by atoms with Crippen LogP contribution in [0.5, 0.6) is 17.2 Å². The number of amides is 2. The number of fused-ring (bicyclic) bond motifs is 2. The predicted molar refractivity (Wildman–Crippen MR) is 229 cm³/mol. The van der Waals surface area contributed by atoms with Crippen molar-refractivity contribution in [1.29, 1.82) is 0 Å². The van der Waals surface area contributed by atoms with E-state index in [9.17, 15) is 19.5 Å². The minimum Gasteiger partial charge on any atom is -0.489 e. The maximum atomic E-state index is 14.2. The third kappa shape index (κ3) is 9.08.